The van der Waals surface area contributed by atoms with Crippen molar-refractivity contribution in [3.63, 3.8) is 0 Å². The van der Waals surface area contributed by atoms with Crippen molar-refractivity contribution < 1.29 is 13.2 Å². The van der Waals surface area contributed by atoms with E-state index in [1.54, 1.807) is 24.0 Å². The van der Waals surface area contributed by atoms with Gasteiger partial charge in [-0.15, -0.1) is 12.4 Å². The third-order valence-electron chi connectivity index (χ3n) is 4.13. The van der Waals surface area contributed by atoms with Crippen LogP contribution >= 0.6 is 12.4 Å². The van der Waals surface area contributed by atoms with Crippen molar-refractivity contribution in [2.24, 2.45) is 0 Å². The summed E-state index contributed by atoms with van der Waals surface area (Å²) in [6, 6.07) is 5.19. The Kier molecular flexibility index (Phi) is 6.01. The van der Waals surface area contributed by atoms with Crippen LogP contribution in [0.25, 0.3) is 0 Å². The molecule has 2 atom stereocenters. The van der Waals surface area contributed by atoms with Crippen LogP contribution in [0.1, 0.15) is 29.8 Å². The number of nitrogens with zero attached hydrogens (tertiary/aromatic N) is 1. The summed E-state index contributed by atoms with van der Waals surface area (Å²) in [7, 11) is -3.33. The number of benzene rings is 1. The number of piperazine rings is 1. The van der Waals surface area contributed by atoms with E-state index in [0.717, 1.165) is 6.54 Å². The van der Waals surface area contributed by atoms with Gasteiger partial charge in [-0.1, -0.05) is 6.07 Å². The van der Waals surface area contributed by atoms with E-state index in [2.05, 4.69) is 5.32 Å². The molecule has 2 unspecified atom stereocenters. The minimum Gasteiger partial charge on any atom is -0.333 e. The molecule has 5 nitrogen and oxygen atoms in total. The lowest BCUT2D eigenvalue weighted by Gasteiger charge is -2.38. The van der Waals surface area contributed by atoms with Crippen molar-refractivity contribution in [3.05, 3.63) is 29.3 Å². The second kappa shape index (κ2) is 6.98. The Labute approximate surface area is 138 Å². The lowest BCUT2D eigenvalue weighted by Crippen LogP contribution is -2.57. The maximum Gasteiger partial charge on any atom is 0.254 e. The Morgan fingerprint density at radius 2 is 1.95 bits per heavy atom. The molecule has 1 aliphatic rings. The minimum atomic E-state index is -3.33. The predicted octanol–water partition coefficient (Wildman–Crippen LogP) is 1.64. The molecule has 0 aliphatic carbocycles. The fraction of sp³-hybridized carbons (Fsp3) is 0.533. The van der Waals surface area contributed by atoms with E-state index in [-0.39, 0.29) is 35.3 Å². The molecule has 0 spiro atoms. The highest BCUT2D eigenvalue weighted by Gasteiger charge is 2.29. The molecule has 1 aliphatic heterocycles. The van der Waals surface area contributed by atoms with Crippen molar-refractivity contribution in [2.75, 3.05) is 19.3 Å². The van der Waals surface area contributed by atoms with Crippen LogP contribution in [0.5, 0.6) is 0 Å². The average Bonchev–Trinajstić information content (AvgIpc) is 2.40. The summed E-state index contributed by atoms with van der Waals surface area (Å²) < 4.78 is 23.6. The summed E-state index contributed by atoms with van der Waals surface area (Å²) in [4.78, 5) is 14.7. The van der Waals surface area contributed by atoms with Gasteiger partial charge in [0.05, 0.1) is 4.90 Å². The zero-order valence-corrected chi connectivity index (χ0v) is 14.9. The molecule has 2 rings (SSSR count). The van der Waals surface area contributed by atoms with E-state index in [0.29, 0.717) is 17.7 Å². The van der Waals surface area contributed by atoms with Crippen molar-refractivity contribution in [3.8, 4) is 0 Å². The summed E-state index contributed by atoms with van der Waals surface area (Å²) in [6.45, 7) is 7.16. The Bertz CT molecular complexity index is 661. The van der Waals surface area contributed by atoms with E-state index < -0.39 is 9.84 Å². The summed E-state index contributed by atoms with van der Waals surface area (Å²) in [5.41, 5.74) is 1.10. The number of hydrogen-bond acceptors (Lipinski definition) is 4. The number of aryl methyl sites for hydroxylation is 1. The van der Waals surface area contributed by atoms with E-state index in [4.69, 9.17) is 0 Å². The molecular weight excluding hydrogens is 324 g/mol. The molecule has 1 saturated heterocycles. The molecule has 22 heavy (non-hydrogen) atoms. The molecule has 0 aromatic heterocycles. The van der Waals surface area contributed by atoms with Gasteiger partial charge in [0.1, 0.15) is 0 Å². The van der Waals surface area contributed by atoms with Gasteiger partial charge in [0.25, 0.3) is 5.91 Å². The first-order valence-electron chi connectivity index (χ1n) is 7.07. The Morgan fingerprint density at radius 3 is 2.55 bits per heavy atom. The van der Waals surface area contributed by atoms with Crippen molar-refractivity contribution >= 4 is 28.2 Å². The normalized spacial score (nSPS) is 22.1. The van der Waals surface area contributed by atoms with Crippen molar-refractivity contribution in [2.45, 2.75) is 37.8 Å². The highest BCUT2D eigenvalue weighted by atomic mass is 35.5. The maximum absolute atomic E-state index is 12.6. The molecule has 1 heterocycles. The molecule has 1 aromatic carbocycles. The molecule has 7 heteroatoms. The number of sulfone groups is 1. The second-order valence-electron chi connectivity index (χ2n) is 5.73. The molecule has 1 amide bonds. The number of hydrogen-bond donors (Lipinski definition) is 1. The van der Waals surface area contributed by atoms with Crippen LogP contribution in [0.4, 0.5) is 0 Å². The molecule has 124 valence electrons. The van der Waals surface area contributed by atoms with Gasteiger partial charge in [-0.05, 0) is 38.5 Å². The Hall–Kier alpha value is -1.11. The molecule has 0 radical (unpaired) electrons. The van der Waals surface area contributed by atoms with E-state index in [1.165, 1.54) is 12.3 Å². The molecule has 0 bridgehead atoms. The fourth-order valence-corrected chi connectivity index (χ4v) is 3.64. The molecule has 1 N–H and O–H groups in total. The fourth-order valence-electron chi connectivity index (χ4n) is 2.64. The third-order valence-corrected chi connectivity index (χ3v) is 5.37. The lowest BCUT2D eigenvalue weighted by atomic mass is 10.0. The van der Waals surface area contributed by atoms with Gasteiger partial charge in [-0.25, -0.2) is 8.42 Å². The first-order valence-corrected chi connectivity index (χ1v) is 8.96. The van der Waals surface area contributed by atoms with Gasteiger partial charge in [-0.2, -0.15) is 0 Å². The van der Waals surface area contributed by atoms with Gasteiger partial charge in [0.2, 0.25) is 0 Å². The largest absolute Gasteiger partial charge is 0.333 e. The number of halogens is 1. The minimum absolute atomic E-state index is 0. The van der Waals surface area contributed by atoms with E-state index >= 15 is 0 Å². The van der Waals surface area contributed by atoms with Crippen molar-refractivity contribution in [1.82, 2.24) is 10.2 Å². The smallest absolute Gasteiger partial charge is 0.254 e. The monoisotopic (exact) mass is 346 g/mol. The van der Waals surface area contributed by atoms with E-state index in [1.807, 2.05) is 13.8 Å². The highest BCUT2D eigenvalue weighted by molar-refractivity contribution is 7.90. The van der Waals surface area contributed by atoms with E-state index in [9.17, 15) is 13.2 Å². The van der Waals surface area contributed by atoms with Gasteiger partial charge < -0.3 is 10.2 Å². The van der Waals surface area contributed by atoms with Crippen LogP contribution < -0.4 is 5.32 Å². The van der Waals surface area contributed by atoms with Crippen molar-refractivity contribution in [1.29, 1.82) is 0 Å². The van der Waals surface area contributed by atoms with Crippen LogP contribution in [0.15, 0.2) is 23.1 Å². The number of amides is 1. The first kappa shape index (κ1) is 18.9. The second-order valence-corrected chi connectivity index (χ2v) is 7.72. The van der Waals surface area contributed by atoms with Crippen LogP contribution in [0.3, 0.4) is 0 Å². The average molecular weight is 347 g/mol. The summed E-state index contributed by atoms with van der Waals surface area (Å²) in [5.74, 6) is -0.110. The van der Waals surface area contributed by atoms with Gasteiger partial charge in [-0.3, -0.25) is 4.79 Å². The maximum atomic E-state index is 12.6. The lowest BCUT2D eigenvalue weighted by molar-refractivity contribution is 0.0602. The molecule has 1 fully saturated rings. The molecule has 1 aromatic rings. The zero-order valence-electron chi connectivity index (χ0n) is 13.3. The summed E-state index contributed by atoms with van der Waals surface area (Å²) in [5, 5.41) is 3.32. The number of nitrogens with one attached hydrogen (secondary N) is 1. The zero-order chi connectivity index (χ0) is 15.8. The molecule has 0 saturated carbocycles. The third kappa shape index (κ3) is 3.80. The standard InChI is InChI=1S/C15H22N2O3S.ClH/c1-10-5-6-13(9-14(10)21(4,19)20)15(18)17-8-7-16-11(2)12(17)3;/h5-6,9,11-12,16H,7-8H2,1-4H3;1H. The number of carbonyl (C=O) groups is 1. The van der Waals surface area contributed by atoms with Crippen LogP contribution in [0.2, 0.25) is 0 Å². The highest BCUT2D eigenvalue weighted by Crippen LogP contribution is 2.20. The van der Waals surface area contributed by atoms with Crippen LogP contribution in [-0.2, 0) is 9.84 Å². The first-order chi connectivity index (χ1) is 9.71. The Balaban J connectivity index is 0.00000242. The van der Waals surface area contributed by atoms with Gasteiger partial charge in [0.15, 0.2) is 9.84 Å². The topological polar surface area (TPSA) is 66.5 Å². The predicted molar refractivity (Wildman–Crippen MR) is 89.5 cm³/mol. The van der Waals surface area contributed by atoms with Crippen LogP contribution in [-0.4, -0.2) is 50.7 Å². The van der Waals surface area contributed by atoms with Gasteiger partial charge in [0, 0.05) is 37.0 Å². The molecular formula is C15H23ClN2O3S. The quantitative estimate of drug-likeness (QED) is 0.884. The number of carbonyl (C=O) groups excluding carboxylic acids is 1. The Morgan fingerprint density at radius 1 is 1.32 bits per heavy atom. The van der Waals surface area contributed by atoms with Crippen LogP contribution in [0, 0.1) is 6.92 Å². The summed E-state index contributed by atoms with van der Waals surface area (Å²) >= 11 is 0. The summed E-state index contributed by atoms with van der Waals surface area (Å²) in [6.07, 6.45) is 1.17. The SMILES string of the molecule is Cc1ccc(C(=O)N2CCNC(C)C2C)cc1S(C)(=O)=O.Cl. The van der Waals surface area contributed by atoms with Gasteiger partial charge >= 0.3 is 0 Å². The number of rotatable bonds is 2.